The van der Waals surface area contributed by atoms with Gasteiger partial charge in [-0.05, 0) is 44.4 Å². The number of ether oxygens (including phenoxy) is 1. The first-order valence-corrected chi connectivity index (χ1v) is 7.92. The Kier molecular flexibility index (Phi) is 6.36. The summed E-state index contributed by atoms with van der Waals surface area (Å²) in [4.78, 5) is 23.6. The first kappa shape index (κ1) is 16.9. The number of anilines is 1. The summed E-state index contributed by atoms with van der Waals surface area (Å²) in [5.41, 5.74) is 1.07. The van der Waals surface area contributed by atoms with Crippen molar-refractivity contribution in [1.82, 2.24) is 0 Å². The van der Waals surface area contributed by atoms with Crippen molar-refractivity contribution in [2.75, 3.05) is 24.1 Å². The Balaban J connectivity index is 2.75. The van der Waals surface area contributed by atoms with Crippen LogP contribution in [0.3, 0.4) is 0 Å². The third-order valence-corrected chi connectivity index (χ3v) is 4.76. The van der Waals surface area contributed by atoms with Gasteiger partial charge in [0.05, 0.1) is 12.2 Å². The van der Waals surface area contributed by atoms with Crippen LogP contribution in [0.25, 0.3) is 0 Å². The van der Waals surface area contributed by atoms with Gasteiger partial charge < -0.3 is 10.1 Å². The summed E-state index contributed by atoms with van der Waals surface area (Å²) < 4.78 is 4.21. The van der Waals surface area contributed by atoms with Crippen LogP contribution in [0.1, 0.15) is 24.2 Å². The van der Waals surface area contributed by atoms with E-state index in [9.17, 15) is 9.59 Å². The quantitative estimate of drug-likeness (QED) is 0.647. The van der Waals surface area contributed by atoms with Crippen molar-refractivity contribution < 1.29 is 14.3 Å². The number of hydrogen-bond acceptors (Lipinski definition) is 4. The van der Waals surface area contributed by atoms with Crippen LogP contribution in [0.15, 0.2) is 24.3 Å². The average molecular weight is 316 g/mol. The lowest BCUT2D eigenvalue weighted by molar-refractivity contribution is -0.117. The van der Waals surface area contributed by atoms with E-state index >= 15 is 0 Å². The summed E-state index contributed by atoms with van der Waals surface area (Å²) in [5, 5.41) is 2.79. The van der Waals surface area contributed by atoms with Crippen LogP contribution in [0.4, 0.5) is 5.69 Å². The fraction of sp³-hybridized carbons (Fsp3) is 0.429. The van der Waals surface area contributed by atoms with Gasteiger partial charge >= 0.3 is 5.97 Å². The van der Waals surface area contributed by atoms with Gasteiger partial charge in [0, 0.05) is 11.6 Å². The number of alkyl halides is 1. The summed E-state index contributed by atoms with van der Waals surface area (Å²) in [6.07, 6.45) is 1.84. The lowest BCUT2D eigenvalue weighted by Gasteiger charge is -2.23. The molecule has 0 aliphatic heterocycles. The summed E-state index contributed by atoms with van der Waals surface area (Å²) >= 11 is 7.22. The molecule has 4 nitrogen and oxygen atoms in total. The fourth-order valence-electron chi connectivity index (χ4n) is 1.38. The van der Waals surface area contributed by atoms with Crippen LogP contribution in [0.5, 0.6) is 0 Å². The van der Waals surface area contributed by atoms with Crippen molar-refractivity contribution in [3.63, 3.8) is 0 Å². The summed E-state index contributed by atoms with van der Waals surface area (Å²) in [6.45, 7) is 3.87. The van der Waals surface area contributed by atoms with Gasteiger partial charge in [-0.3, -0.25) is 4.79 Å². The molecule has 0 saturated heterocycles. The Bertz CT molecular complexity index is 472. The molecule has 0 fully saturated rings. The number of carbonyl (C=O) groups excluding carboxylic acids is 2. The normalized spacial score (nSPS) is 13.4. The zero-order valence-electron chi connectivity index (χ0n) is 11.7. The molecule has 1 aromatic carbocycles. The van der Waals surface area contributed by atoms with E-state index in [1.807, 2.05) is 6.26 Å². The van der Waals surface area contributed by atoms with Gasteiger partial charge in [0.15, 0.2) is 0 Å². The summed E-state index contributed by atoms with van der Waals surface area (Å²) in [6, 6.07) is 6.56. The number of nitrogens with one attached hydrogen (secondary N) is 1. The first-order valence-electron chi connectivity index (χ1n) is 6.16. The van der Waals surface area contributed by atoms with Gasteiger partial charge in [0.2, 0.25) is 5.91 Å². The molecule has 6 heteroatoms. The minimum absolute atomic E-state index is 0.163. The maximum absolute atomic E-state index is 12.1. The second kappa shape index (κ2) is 7.55. The minimum Gasteiger partial charge on any atom is -0.462 e. The minimum atomic E-state index is -0.679. The van der Waals surface area contributed by atoms with Crippen molar-refractivity contribution in [3.05, 3.63) is 29.8 Å². The Hall–Kier alpha value is -1.20. The molecule has 0 saturated carbocycles. The van der Waals surface area contributed by atoms with Crippen molar-refractivity contribution in [2.45, 2.75) is 18.6 Å². The molecule has 0 aromatic heterocycles. The van der Waals surface area contributed by atoms with Gasteiger partial charge in [0.25, 0.3) is 0 Å². The molecule has 1 N–H and O–H groups in total. The largest absolute Gasteiger partial charge is 0.462 e. The Labute approximate surface area is 128 Å². The Morgan fingerprint density at radius 1 is 1.35 bits per heavy atom. The summed E-state index contributed by atoms with van der Waals surface area (Å²) in [5.74, 6) is -0.315. The lowest BCUT2D eigenvalue weighted by atomic mass is 10.1. The topological polar surface area (TPSA) is 55.4 Å². The first-order chi connectivity index (χ1) is 9.46. The monoisotopic (exact) mass is 315 g/mol. The molecule has 0 unspecified atom stereocenters. The van der Waals surface area contributed by atoms with E-state index in [2.05, 4.69) is 5.32 Å². The molecule has 0 radical (unpaired) electrons. The van der Waals surface area contributed by atoms with E-state index < -0.39 is 4.75 Å². The van der Waals surface area contributed by atoms with Crippen molar-refractivity contribution in [2.24, 2.45) is 0 Å². The highest BCUT2D eigenvalue weighted by atomic mass is 35.5. The number of halogens is 1. The molecule has 0 spiro atoms. The molecule has 110 valence electrons. The number of rotatable bonds is 6. The molecular formula is C14H18ClNO3S. The van der Waals surface area contributed by atoms with E-state index in [4.69, 9.17) is 16.3 Å². The van der Waals surface area contributed by atoms with Crippen LogP contribution in [-0.4, -0.2) is 35.4 Å². The molecule has 0 heterocycles. The number of amides is 1. The predicted octanol–water partition coefficient (Wildman–Crippen LogP) is 3.16. The molecule has 0 bridgehead atoms. The Morgan fingerprint density at radius 2 is 1.95 bits per heavy atom. The smallest absolute Gasteiger partial charge is 0.338 e. The van der Waals surface area contributed by atoms with E-state index in [1.165, 1.54) is 11.8 Å². The molecular weight excluding hydrogens is 298 g/mol. The molecule has 20 heavy (non-hydrogen) atoms. The van der Waals surface area contributed by atoms with E-state index in [1.54, 1.807) is 38.1 Å². The average Bonchev–Trinajstić information content (AvgIpc) is 2.47. The molecule has 1 aromatic rings. The van der Waals surface area contributed by atoms with Crippen molar-refractivity contribution >= 4 is 40.9 Å². The second-order valence-electron chi connectivity index (χ2n) is 4.32. The van der Waals surface area contributed by atoms with Gasteiger partial charge in [-0.25, -0.2) is 4.79 Å². The van der Waals surface area contributed by atoms with Gasteiger partial charge in [-0.1, -0.05) is 0 Å². The second-order valence-corrected chi connectivity index (χ2v) is 5.90. The predicted molar refractivity (Wildman–Crippen MR) is 83.7 cm³/mol. The molecule has 1 amide bonds. The van der Waals surface area contributed by atoms with Gasteiger partial charge in [-0.2, -0.15) is 0 Å². The van der Waals surface area contributed by atoms with Crippen LogP contribution < -0.4 is 5.32 Å². The SMILES string of the molecule is CCOC(=O)c1ccc(NC(=O)[C@@](C)(CCl)SC)cc1. The summed E-state index contributed by atoms with van der Waals surface area (Å²) in [7, 11) is 0. The van der Waals surface area contributed by atoms with Crippen LogP contribution in [0.2, 0.25) is 0 Å². The van der Waals surface area contributed by atoms with Gasteiger partial charge in [0.1, 0.15) is 4.75 Å². The maximum atomic E-state index is 12.1. The maximum Gasteiger partial charge on any atom is 0.338 e. The van der Waals surface area contributed by atoms with Crippen LogP contribution in [0, 0.1) is 0 Å². The zero-order valence-corrected chi connectivity index (χ0v) is 13.3. The van der Waals surface area contributed by atoms with E-state index in [0.29, 0.717) is 17.9 Å². The highest BCUT2D eigenvalue weighted by Gasteiger charge is 2.31. The molecule has 1 rings (SSSR count). The Morgan fingerprint density at radius 3 is 2.40 bits per heavy atom. The van der Waals surface area contributed by atoms with Gasteiger partial charge in [-0.15, -0.1) is 23.4 Å². The molecule has 0 aliphatic carbocycles. The third-order valence-electron chi connectivity index (χ3n) is 2.84. The standard InChI is InChI=1S/C14H18ClNO3S/c1-4-19-12(17)10-5-7-11(8-6-10)16-13(18)14(2,9-15)20-3/h5-8H,4,9H2,1-3H3,(H,16,18)/t14-/m1/s1. The highest BCUT2D eigenvalue weighted by molar-refractivity contribution is 8.00. The van der Waals surface area contributed by atoms with E-state index in [0.717, 1.165) is 0 Å². The fourth-order valence-corrected chi connectivity index (χ4v) is 2.17. The van der Waals surface area contributed by atoms with Crippen LogP contribution in [-0.2, 0) is 9.53 Å². The highest BCUT2D eigenvalue weighted by Crippen LogP contribution is 2.25. The number of thioether (sulfide) groups is 1. The van der Waals surface area contributed by atoms with Crippen molar-refractivity contribution in [1.29, 1.82) is 0 Å². The molecule has 0 aliphatic rings. The van der Waals surface area contributed by atoms with E-state index in [-0.39, 0.29) is 17.8 Å². The zero-order chi connectivity index (χ0) is 15.2. The third kappa shape index (κ3) is 4.15. The number of esters is 1. The number of benzene rings is 1. The van der Waals surface area contributed by atoms with Crippen molar-refractivity contribution in [3.8, 4) is 0 Å². The van der Waals surface area contributed by atoms with Crippen LogP contribution >= 0.6 is 23.4 Å². The lowest BCUT2D eigenvalue weighted by Crippen LogP contribution is -2.38. The number of carbonyl (C=O) groups is 2. The number of hydrogen-bond donors (Lipinski definition) is 1. The molecule has 1 atom stereocenters.